The zero-order chi connectivity index (χ0) is 14.8. The average molecular weight is 315 g/mol. The number of hydrogen-bond acceptors (Lipinski definition) is 4. The molecule has 0 spiro atoms. The van der Waals surface area contributed by atoms with Gasteiger partial charge in [0.15, 0.2) is 0 Å². The fourth-order valence-electron chi connectivity index (χ4n) is 2.19. The first-order chi connectivity index (χ1) is 10.2. The Labute approximate surface area is 130 Å². The van der Waals surface area contributed by atoms with Gasteiger partial charge in [-0.3, -0.25) is 9.36 Å². The molecule has 6 heteroatoms. The quantitative estimate of drug-likeness (QED) is 0.752. The number of fused-ring (bicyclic) bond motifs is 1. The van der Waals surface area contributed by atoms with Crippen LogP contribution in [0.2, 0.25) is 0 Å². The molecule has 1 aromatic carbocycles. The maximum atomic E-state index is 12.6. The standard InChI is InChI=1S/C15H13N3OS2/c16-12(20)6-7-18-9-17-14-13(15(18)19)11(8-21-14)10-4-2-1-3-5-10/h1-5,8-9H,6-7H2,(H2,16,20). The van der Waals surface area contributed by atoms with Crippen molar-refractivity contribution in [3.05, 3.63) is 52.4 Å². The molecule has 0 saturated carbocycles. The maximum absolute atomic E-state index is 12.6. The van der Waals surface area contributed by atoms with Crippen molar-refractivity contribution in [1.29, 1.82) is 0 Å². The van der Waals surface area contributed by atoms with Gasteiger partial charge in [-0.05, 0) is 5.56 Å². The summed E-state index contributed by atoms with van der Waals surface area (Å²) in [5, 5.41) is 2.64. The molecule has 0 aliphatic heterocycles. The van der Waals surface area contributed by atoms with Gasteiger partial charge in [0.1, 0.15) is 4.83 Å². The van der Waals surface area contributed by atoms with Crippen molar-refractivity contribution in [2.24, 2.45) is 5.73 Å². The second kappa shape index (κ2) is 5.75. The highest BCUT2D eigenvalue weighted by Gasteiger charge is 2.12. The molecule has 2 heterocycles. The van der Waals surface area contributed by atoms with Crippen molar-refractivity contribution in [2.75, 3.05) is 0 Å². The zero-order valence-corrected chi connectivity index (χ0v) is 12.8. The first kappa shape index (κ1) is 13.9. The van der Waals surface area contributed by atoms with Crippen molar-refractivity contribution >= 4 is 38.8 Å². The minimum Gasteiger partial charge on any atom is -0.393 e. The number of aryl methyl sites for hydroxylation is 1. The lowest BCUT2D eigenvalue weighted by molar-refractivity contribution is 0.688. The maximum Gasteiger partial charge on any atom is 0.262 e. The number of hydrogen-bond donors (Lipinski definition) is 1. The summed E-state index contributed by atoms with van der Waals surface area (Å²) in [5.74, 6) is 0. The molecule has 3 rings (SSSR count). The van der Waals surface area contributed by atoms with Crippen LogP contribution in [0.5, 0.6) is 0 Å². The summed E-state index contributed by atoms with van der Waals surface area (Å²) in [6, 6.07) is 9.86. The molecule has 0 atom stereocenters. The summed E-state index contributed by atoms with van der Waals surface area (Å²) in [6.07, 6.45) is 2.06. The second-order valence-corrected chi connectivity index (χ2v) is 6.04. The van der Waals surface area contributed by atoms with E-state index in [1.165, 1.54) is 11.3 Å². The highest BCUT2D eigenvalue weighted by Crippen LogP contribution is 2.30. The molecule has 0 aliphatic rings. The van der Waals surface area contributed by atoms with E-state index in [0.717, 1.165) is 16.0 Å². The summed E-state index contributed by atoms with van der Waals surface area (Å²) in [5.41, 5.74) is 7.41. The third-order valence-corrected chi connectivity index (χ3v) is 4.34. The Morgan fingerprint density at radius 2 is 2.10 bits per heavy atom. The Bertz CT molecular complexity index is 852. The van der Waals surface area contributed by atoms with Crippen LogP contribution in [-0.2, 0) is 6.54 Å². The molecule has 0 amide bonds. The molecule has 0 bridgehead atoms. The van der Waals surface area contributed by atoms with Gasteiger partial charge in [0.25, 0.3) is 5.56 Å². The topological polar surface area (TPSA) is 60.9 Å². The van der Waals surface area contributed by atoms with Crippen molar-refractivity contribution in [3.8, 4) is 11.1 Å². The van der Waals surface area contributed by atoms with Crippen LogP contribution in [0.1, 0.15) is 6.42 Å². The van der Waals surface area contributed by atoms with Gasteiger partial charge < -0.3 is 5.73 Å². The Morgan fingerprint density at radius 1 is 1.33 bits per heavy atom. The van der Waals surface area contributed by atoms with Crippen LogP contribution in [0.4, 0.5) is 0 Å². The highest BCUT2D eigenvalue weighted by molar-refractivity contribution is 7.80. The van der Waals surface area contributed by atoms with E-state index in [0.29, 0.717) is 23.3 Å². The fraction of sp³-hybridized carbons (Fsp3) is 0.133. The molecule has 4 nitrogen and oxygen atoms in total. The Hall–Kier alpha value is -2.05. The molecule has 0 radical (unpaired) electrons. The van der Waals surface area contributed by atoms with Crippen molar-refractivity contribution < 1.29 is 0 Å². The van der Waals surface area contributed by atoms with E-state index >= 15 is 0 Å². The van der Waals surface area contributed by atoms with Gasteiger partial charge in [0.2, 0.25) is 0 Å². The molecule has 0 fully saturated rings. The molecule has 2 aromatic heterocycles. The molecule has 2 N–H and O–H groups in total. The summed E-state index contributed by atoms with van der Waals surface area (Å²) in [4.78, 5) is 18.2. The van der Waals surface area contributed by atoms with E-state index in [9.17, 15) is 4.79 Å². The number of thiophene rings is 1. The lowest BCUT2D eigenvalue weighted by Crippen LogP contribution is -2.23. The van der Waals surface area contributed by atoms with Gasteiger partial charge in [0, 0.05) is 23.9 Å². The van der Waals surface area contributed by atoms with Gasteiger partial charge in [-0.1, -0.05) is 42.5 Å². The lowest BCUT2D eigenvalue weighted by atomic mass is 10.1. The highest BCUT2D eigenvalue weighted by atomic mass is 32.1. The number of aromatic nitrogens is 2. The first-order valence-electron chi connectivity index (χ1n) is 6.47. The summed E-state index contributed by atoms with van der Waals surface area (Å²) >= 11 is 6.34. The van der Waals surface area contributed by atoms with E-state index in [1.54, 1.807) is 10.9 Å². The number of benzene rings is 1. The Kier molecular flexibility index (Phi) is 3.81. The third-order valence-electron chi connectivity index (χ3n) is 3.24. The van der Waals surface area contributed by atoms with E-state index in [-0.39, 0.29) is 5.56 Å². The van der Waals surface area contributed by atoms with Crippen LogP contribution in [0.3, 0.4) is 0 Å². The number of nitrogens with two attached hydrogens (primary N) is 1. The minimum absolute atomic E-state index is 0.0450. The van der Waals surface area contributed by atoms with Crippen molar-refractivity contribution in [3.63, 3.8) is 0 Å². The molecule has 0 unspecified atom stereocenters. The summed E-state index contributed by atoms with van der Waals surface area (Å²) < 4.78 is 1.57. The normalized spacial score (nSPS) is 10.9. The van der Waals surface area contributed by atoms with E-state index in [4.69, 9.17) is 18.0 Å². The van der Waals surface area contributed by atoms with E-state index in [2.05, 4.69) is 4.98 Å². The fourth-order valence-corrected chi connectivity index (χ4v) is 3.19. The molecule has 0 saturated heterocycles. The SMILES string of the molecule is NC(=S)CCn1cnc2scc(-c3ccccc3)c2c1=O. The second-order valence-electron chi connectivity index (χ2n) is 4.65. The van der Waals surface area contributed by atoms with Gasteiger partial charge >= 0.3 is 0 Å². The van der Waals surface area contributed by atoms with Crippen LogP contribution in [0.25, 0.3) is 21.3 Å². The van der Waals surface area contributed by atoms with Gasteiger partial charge in [-0.2, -0.15) is 0 Å². The predicted molar refractivity (Wildman–Crippen MR) is 90.7 cm³/mol. The number of rotatable bonds is 4. The van der Waals surface area contributed by atoms with E-state index in [1.807, 2.05) is 35.7 Å². The third kappa shape index (κ3) is 2.72. The van der Waals surface area contributed by atoms with Crippen LogP contribution in [0.15, 0.2) is 46.8 Å². The monoisotopic (exact) mass is 315 g/mol. The van der Waals surface area contributed by atoms with Gasteiger partial charge in [-0.25, -0.2) is 4.98 Å². The Morgan fingerprint density at radius 3 is 2.81 bits per heavy atom. The van der Waals surface area contributed by atoms with Crippen LogP contribution in [0, 0.1) is 0 Å². The first-order valence-corrected chi connectivity index (χ1v) is 7.76. The van der Waals surface area contributed by atoms with Crippen molar-refractivity contribution in [2.45, 2.75) is 13.0 Å². The Balaban J connectivity index is 2.14. The molecule has 106 valence electrons. The van der Waals surface area contributed by atoms with Crippen molar-refractivity contribution in [1.82, 2.24) is 9.55 Å². The van der Waals surface area contributed by atoms with E-state index < -0.39 is 0 Å². The smallest absolute Gasteiger partial charge is 0.262 e. The predicted octanol–water partition coefficient (Wildman–Crippen LogP) is 2.80. The average Bonchev–Trinajstić information content (AvgIpc) is 2.92. The molecular weight excluding hydrogens is 302 g/mol. The van der Waals surface area contributed by atoms with Crippen LogP contribution in [-0.4, -0.2) is 14.5 Å². The van der Waals surface area contributed by atoms with Gasteiger partial charge in [-0.15, -0.1) is 11.3 Å². The molecular formula is C15H13N3OS2. The summed E-state index contributed by atoms with van der Waals surface area (Å²) in [7, 11) is 0. The largest absolute Gasteiger partial charge is 0.393 e. The van der Waals surface area contributed by atoms with Gasteiger partial charge in [0.05, 0.1) is 16.7 Å². The minimum atomic E-state index is -0.0450. The number of thiocarbonyl (C=S) groups is 1. The summed E-state index contributed by atoms with van der Waals surface area (Å²) in [6.45, 7) is 0.460. The molecule has 21 heavy (non-hydrogen) atoms. The molecule has 0 aliphatic carbocycles. The zero-order valence-electron chi connectivity index (χ0n) is 11.2. The molecule has 3 aromatic rings. The number of nitrogens with zero attached hydrogens (tertiary/aromatic N) is 2. The lowest BCUT2D eigenvalue weighted by Gasteiger charge is -2.05. The van der Waals surface area contributed by atoms with Crippen LogP contribution < -0.4 is 11.3 Å². The van der Waals surface area contributed by atoms with Crippen LogP contribution >= 0.6 is 23.6 Å².